The van der Waals surface area contributed by atoms with Gasteiger partial charge in [0.05, 0.1) is 12.1 Å². The molecule has 0 aliphatic carbocycles. The van der Waals surface area contributed by atoms with Crippen LogP contribution in [-0.4, -0.2) is 12.1 Å². The van der Waals surface area contributed by atoms with Gasteiger partial charge in [-0.25, -0.2) is 4.79 Å². The summed E-state index contributed by atoms with van der Waals surface area (Å²) in [5.41, 5.74) is 2.29. The van der Waals surface area contributed by atoms with Gasteiger partial charge in [-0.2, -0.15) is 0 Å². The third kappa shape index (κ3) is 1.48. The largest absolute Gasteiger partial charge is 0.417 e. The maximum absolute atomic E-state index is 10.8. The number of benzene rings is 1. The summed E-state index contributed by atoms with van der Waals surface area (Å²) in [4.78, 5) is 13.4. The number of ether oxygens (including phenoxy) is 1. The Hall–Kier alpha value is -1.55. The number of oxazole rings is 1. The highest BCUT2D eigenvalue weighted by molar-refractivity contribution is 5.72. The van der Waals surface area contributed by atoms with Crippen LogP contribution in [0, 0.1) is 0 Å². The second-order valence-corrected chi connectivity index (χ2v) is 2.78. The number of hydrogen-bond donors (Lipinski definition) is 1. The zero-order valence-corrected chi connectivity index (χ0v) is 7.16. The molecule has 0 fully saturated rings. The number of rotatable bonds is 2. The van der Waals surface area contributed by atoms with Crippen molar-refractivity contribution in [3.8, 4) is 0 Å². The average Bonchev–Trinajstić information content (AvgIpc) is 2.44. The smallest absolute Gasteiger partial charge is 0.408 e. The van der Waals surface area contributed by atoms with Gasteiger partial charge in [-0.3, -0.25) is 4.98 Å². The van der Waals surface area contributed by atoms with Crippen molar-refractivity contribution in [3.63, 3.8) is 0 Å². The fourth-order valence-electron chi connectivity index (χ4n) is 1.26. The van der Waals surface area contributed by atoms with Crippen molar-refractivity contribution >= 4 is 11.1 Å². The molecule has 0 unspecified atom stereocenters. The van der Waals surface area contributed by atoms with Gasteiger partial charge >= 0.3 is 5.76 Å². The summed E-state index contributed by atoms with van der Waals surface area (Å²) >= 11 is 0. The van der Waals surface area contributed by atoms with Crippen LogP contribution >= 0.6 is 0 Å². The minimum Gasteiger partial charge on any atom is -0.408 e. The molecule has 0 saturated carbocycles. The van der Waals surface area contributed by atoms with Crippen molar-refractivity contribution in [2.24, 2.45) is 0 Å². The Kier molecular flexibility index (Phi) is 1.90. The number of hydrogen-bond acceptors (Lipinski definition) is 3. The van der Waals surface area contributed by atoms with Crippen LogP contribution in [0.4, 0.5) is 0 Å². The molecule has 0 saturated heterocycles. The highest BCUT2D eigenvalue weighted by Crippen LogP contribution is 2.12. The molecule has 1 aromatic heterocycles. The van der Waals surface area contributed by atoms with Crippen LogP contribution in [-0.2, 0) is 11.3 Å². The second kappa shape index (κ2) is 3.06. The predicted molar refractivity (Wildman–Crippen MR) is 47.5 cm³/mol. The minimum absolute atomic E-state index is 0.426. The van der Waals surface area contributed by atoms with Crippen molar-refractivity contribution in [2.75, 3.05) is 7.11 Å². The summed E-state index contributed by atoms with van der Waals surface area (Å²) in [7, 11) is 1.63. The van der Waals surface area contributed by atoms with Crippen LogP contribution in [0.15, 0.2) is 27.4 Å². The van der Waals surface area contributed by atoms with E-state index in [0.717, 1.165) is 5.56 Å². The van der Waals surface area contributed by atoms with Gasteiger partial charge in [-0.15, -0.1) is 0 Å². The number of aromatic amines is 1. The van der Waals surface area contributed by atoms with Crippen molar-refractivity contribution in [2.45, 2.75) is 6.61 Å². The van der Waals surface area contributed by atoms with Gasteiger partial charge in [-0.05, 0) is 17.7 Å². The fraction of sp³-hybridized carbons (Fsp3) is 0.222. The van der Waals surface area contributed by atoms with Crippen molar-refractivity contribution in [1.82, 2.24) is 4.98 Å². The molecule has 0 radical (unpaired) electrons. The predicted octanol–water partition coefficient (Wildman–Crippen LogP) is 1.27. The molecular weight excluding hydrogens is 170 g/mol. The Morgan fingerprint density at radius 2 is 2.38 bits per heavy atom. The lowest BCUT2D eigenvalue weighted by molar-refractivity contribution is 0.185. The highest BCUT2D eigenvalue weighted by atomic mass is 16.5. The van der Waals surface area contributed by atoms with E-state index >= 15 is 0 Å². The Morgan fingerprint density at radius 3 is 3.15 bits per heavy atom. The van der Waals surface area contributed by atoms with E-state index in [1.807, 2.05) is 12.1 Å². The van der Waals surface area contributed by atoms with Crippen LogP contribution in [0.25, 0.3) is 11.1 Å². The summed E-state index contributed by atoms with van der Waals surface area (Å²) in [6.07, 6.45) is 0. The van der Waals surface area contributed by atoms with E-state index in [0.29, 0.717) is 17.7 Å². The molecule has 0 aliphatic rings. The standard InChI is InChI=1S/C9H9NO3/c1-12-5-6-2-3-8-7(4-6)10-9(11)13-8/h2-4H,5H2,1H3,(H,10,11). The first kappa shape index (κ1) is 8.07. The number of H-pyrrole nitrogens is 1. The quantitative estimate of drug-likeness (QED) is 0.755. The molecule has 2 rings (SSSR count). The lowest BCUT2D eigenvalue weighted by Gasteiger charge is -1.97. The summed E-state index contributed by atoms with van der Waals surface area (Å²) in [6, 6.07) is 5.45. The summed E-state index contributed by atoms with van der Waals surface area (Å²) < 4.78 is 9.81. The number of nitrogens with one attached hydrogen (secondary N) is 1. The first-order valence-electron chi connectivity index (χ1n) is 3.90. The Balaban J connectivity index is 2.54. The van der Waals surface area contributed by atoms with E-state index in [1.165, 1.54) is 0 Å². The van der Waals surface area contributed by atoms with Crippen molar-refractivity contribution < 1.29 is 9.15 Å². The Labute approximate surface area is 74.1 Å². The van der Waals surface area contributed by atoms with Crippen LogP contribution in [0.1, 0.15) is 5.56 Å². The third-order valence-corrected chi connectivity index (χ3v) is 1.79. The lowest BCUT2D eigenvalue weighted by Crippen LogP contribution is -1.93. The Morgan fingerprint density at radius 1 is 1.54 bits per heavy atom. The highest BCUT2D eigenvalue weighted by Gasteiger charge is 2.00. The normalized spacial score (nSPS) is 10.8. The van der Waals surface area contributed by atoms with Crippen LogP contribution in [0.2, 0.25) is 0 Å². The molecule has 4 nitrogen and oxygen atoms in total. The molecule has 2 aromatic rings. The molecule has 0 amide bonds. The number of methoxy groups -OCH3 is 1. The SMILES string of the molecule is COCc1ccc2oc(=O)[nH]c2c1. The van der Waals surface area contributed by atoms with Gasteiger partial charge in [0.2, 0.25) is 0 Å². The van der Waals surface area contributed by atoms with Crippen LogP contribution in [0.3, 0.4) is 0 Å². The van der Waals surface area contributed by atoms with Gasteiger partial charge < -0.3 is 9.15 Å². The van der Waals surface area contributed by atoms with E-state index in [1.54, 1.807) is 13.2 Å². The molecular formula is C9H9NO3. The fourth-order valence-corrected chi connectivity index (χ4v) is 1.26. The van der Waals surface area contributed by atoms with Crippen LogP contribution < -0.4 is 5.76 Å². The van der Waals surface area contributed by atoms with E-state index < -0.39 is 5.76 Å². The maximum Gasteiger partial charge on any atom is 0.417 e. The van der Waals surface area contributed by atoms with Gasteiger partial charge in [-0.1, -0.05) is 6.07 Å². The molecule has 1 heterocycles. The van der Waals surface area contributed by atoms with E-state index in [4.69, 9.17) is 9.15 Å². The van der Waals surface area contributed by atoms with Gasteiger partial charge in [0.15, 0.2) is 5.58 Å². The monoisotopic (exact) mass is 179 g/mol. The van der Waals surface area contributed by atoms with Gasteiger partial charge in [0.1, 0.15) is 0 Å². The summed E-state index contributed by atoms with van der Waals surface area (Å²) in [6.45, 7) is 0.531. The minimum atomic E-state index is -0.426. The first-order valence-corrected chi connectivity index (χ1v) is 3.90. The number of aromatic nitrogens is 1. The lowest BCUT2D eigenvalue weighted by atomic mass is 10.2. The molecule has 68 valence electrons. The molecule has 4 heteroatoms. The number of fused-ring (bicyclic) bond motifs is 1. The van der Waals surface area contributed by atoms with Gasteiger partial charge in [0.25, 0.3) is 0 Å². The first-order chi connectivity index (χ1) is 6.29. The van der Waals surface area contributed by atoms with Gasteiger partial charge in [0, 0.05) is 7.11 Å². The molecule has 0 spiro atoms. The van der Waals surface area contributed by atoms with E-state index in [9.17, 15) is 4.79 Å². The molecule has 1 aromatic carbocycles. The molecule has 0 bridgehead atoms. The Bertz CT molecular complexity index is 469. The zero-order chi connectivity index (χ0) is 9.26. The van der Waals surface area contributed by atoms with E-state index in [-0.39, 0.29) is 0 Å². The molecule has 0 atom stereocenters. The summed E-state index contributed by atoms with van der Waals surface area (Å²) in [5, 5.41) is 0. The molecule has 1 N–H and O–H groups in total. The van der Waals surface area contributed by atoms with E-state index in [2.05, 4.69) is 4.98 Å². The summed E-state index contributed by atoms with van der Waals surface area (Å²) in [5.74, 6) is -0.426. The van der Waals surface area contributed by atoms with Crippen molar-refractivity contribution in [1.29, 1.82) is 0 Å². The zero-order valence-electron chi connectivity index (χ0n) is 7.16. The topological polar surface area (TPSA) is 55.2 Å². The van der Waals surface area contributed by atoms with Crippen molar-refractivity contribution in [3.05, 3.63) is 34.3 Å². The second-order valence-electron chi connectivity index (χ2n) is 2.78. The third-order valence-electron chi connectivity index (χ3n) is 1.79. The molecule has 0 aliphatic heterocycles. The molecule has 13 heavy (non-hydrogen) atoms. The average molecular weight is 179 g/mol. The maximum atomic E-state index is 10.8. The van der Waals surface area contributed by atoms with Crippen LogP contribution in [0.5, 0.6) is 0 Å².